The molecule has 1 aliphatic heterocycles. The molecule has 2 rings (SSSR count). The Bertz CT molecular complexity index is 431. The topological polar surface area (TPSA) is 52.6 Å². The maximum Gasteiger partial charge on any atom is 0.257 e. The number of phenolic OH excluding ortho intramolecular Hbond substituents is 1. The van der Waals surface area contributed by atoms with E-state index in [1.165, 1.54) is 0 Å². The molecule has 0 bridgehead atoms. The zero-order chi connectivity index (χ0) is 12.4. The fourth-order valence-corrected chi connectivity index (χ4v) is 2.12. The maximum absolute atomic E-state index is 12.3. The summed E-state index contributed by atoms with van der Waals surface area (Å²) < 4.78 is 0. The Morgan fingerprint density at radius 1 is 1.53 bits per heavy atom. The van der Waals surface area contributed by atoms with E-state index in [9.17, 15) is 9.90 Å². The van der Waals surface area contributed by atoms with Crippen molar-refractivity contribution in [3.63, 3.8) is 0 Å². The normalized spacial score (nSPS) is 20.4. The summed E-state index contributed by atoms with van der Waals surface area (Å²) >= 11 is 0. The Kier molecular flexibility index (Phi) is 3.33. The third kappa shape index (κ3) is 2.42. The van der Waals surface area contributed by atoms with E-state index in [-0.39, 0.29) is 17.7 Å². The number of phenols is 1. The lowest BCUT2D eigenvalue weighted by atomic mass is 10.1. The van der Waals surface area contributed by atoms with E-state index in [1.54, 1.807) is 18.2 Å². The van der Waals surface area contributed by atoms with Gasteiger partial charge in [0.05, 0.1) is 5.56 Å². The van der Waals surface area contributed by atoms with Gasteiger partial charge >= 0.3 is 0 Å². The van der Waals surface area contributed by atoms with Crippen LogP contribution in [0.4, 0.5) is 0 Å². The van der Waals surface area contributed by atoms with Crippen molar-refractivity contribution in [1.29, 1.82) is 0 Å². The molecule has 0 unspecified atom stereocenters. The molecule has 1 aromatic rings. The first-order valence-electron chi connectivity index (χ1n) is 5.91. The second-order valence-electron chi connectivity index (χ2n) is 4.57. The van der Waals surface area contributed by atoms with E-state index in [2.05, 4.69) is 5.32 Å². The van der Waals surface area contributed by atoms with Gasteiger partial charge in [-0.2, -0.15) is 0 Å². The molecule has 1 amide bonds. The first-order chi connectivity index (χ1) is 8.09. The Morgan fingerprint density at radius 3 is 3.00 bits per heavy atom. The van der Waals surface area contributed by atoms with Crippen molar-refractivity contribution in [2.24, 2.45) is 0 Å². The zero-order valence-electron chi connectivity index (χ0n) is 10.2. The van der Waals surface area contributed by atoms with Gasteiger partial charge in [0.2, 0.25) is 0 Å². The molecular weight excluding hydrogens is 216 g/mol. The summed E-state index contributed by atoms with van der Waals surface area (Å²) in [6.45, 7) is 6.22. The number of nitrogens with one attached hydrogen (secondary N) is 1. The number of piperazine rings is 1. The van der Waals surface area contributed by atoms with Gasteiger partial charge in [0.25, 0.3) is 5.91 Å². The number of amides is 1. The van der Waals surface area contributed by atoms with Crippen molar-refractivity contribution in [2.45, 2.75) is 19.9 Å². The molecule has 0 aliphatic carbocycles. The van der Waals surface area contributed by atoms with Crippen LogP contribution in [0.1, 0.15) is 22.8 Å². The summed E-state index contributed by atoms with van der Waals surface area (Å²) in [6.07, 6.45) is 0. The van der Waals surface area contributed by atoms with Crippen LogP contribution in [-0.2, 0) is 0 Å². The fourth-order valence-electron chi connectivity index (χ4n) is 2.12. The van der Waals surface area contributed by atoms with Crippen LogP contribution in [0.5, 0.6) is 5.75 Å². The minimum absolute atomic E-state index is 0.0614. The minimum Gasteiger partial charge on any atom is -0.507 e. The number of benzene rings is 1. The molecule has 0 radical (unpaired) electrons. The highest BCUT2D eigenvalue weighted by Crippen LogP contribution is 2.21. The van der Waals surface area contributed by atoms with Crippen molar-refractivity contribution in [3.8, 4) is 5.75 Å². The zero-order valence-corrected chi connectivity index (χ0v) is 10.2. The smallest absolute Gasteiger partial charge is 0.257 e. The van der Waals surface area contributed by atoms with Gasteiger partial charge in [0.1, 0.15) is 5.75 Å². The van der Waals surface area contributed by atoms with E-state index < -0.39 is 0 Å². The standard InChI is InChI=1S/C13H18N2O2/c1-9-3-4-12(16)11(7-9)13(17)15-6-5-14-8-10(15)2/h3-4,7,10,14,16H,5-6,8H2,1-2H3/t10-/m1/s1. The van der Waals surface area contributed by atoms with Crippen LogP contribution < -0.4 is 5.32 Å². The van der Waals surface area contributed by atoms with Crippen LogP contribution in [0.25, 0.3) is 0 Å². The van der Waals surface area contributed by atoms with Gasteiger partial charge in [-0.05, 0) is 26.0 Å². The quantitative estimate of drug-likeness (QED) is 0.766. The Balaban J connectivity index is 2.26. The van der Waals surface area contributed by atoms with Gasteiger partial charge in [-0.1, -0.05) is 11.6 Å². The second-order valence-corrected chi connectivity index (χ2v) is 4.57. The third-order valence-electron chi connectivity index (χ3n) is 3.14. The van der Waals surface area contributed by atoms with Gasteiger partial charge in [-0.25, -0.2) is 0 Å². The SMILES string of the molecule is Cc1ccc(O)c(C(=O)N2CCNC[C@H]2C)c1. The molecule has 92 valence electrons. The number of carbonyl (C=O) groups is 1. The molecule has 4 nitrogen and oxygen atoms in total. The number of rotatable bonds is 1. The van der Waals surface area contributed by atoms with Crippen LogP contribution >= 0.6 is 0 Å². The molecule has 17 heavy (non-hydrogen) atoms. The number of hydrogen-bond donors (Lipinski definition) is 2. The van der Waals surface area contributed by atoms with Crippen LogP contribution in [-0.4, -0.2) is 41.6 Å². The monoisotopic (exact) mass is 234 g/mol. The Morgan fingerprint density at radius 2 is 2.29 bits per heavy atom. The molecule has 2 N–H and O–H groups in total. The number of carbonyl (C=O) groups excluding carboxylic acids is 1. The molecule has 1 aromatic carbocycles. The summed E-state index contributed by atoms with van der Waals surface area (Å²) in [5.74, 6) is -0.0217. The molecule has 1 fully saturated rings. The summed E-state index contributed by atoms with van der Waals surface area (Å²) in [4.78, 5) is 14.1. The molecule has 0 spiro atoms. The molecule has 1 saturated heterocycles. The van der Waals surface area contributed by atoms with E-state index >= 15 is 0 Å². The second kappa shape index (κ2) is 4.75. The lowest BCUT2D eigenvalue weighted by Crippen LogP contribution is -2.52. The van der Waals surface area contributed by atoms with E-state index in [4.69, 9.17) is 0 Å². The molecule has 1 heterocycles. The van der Waals surface area contributed by atoms with Crippen LogP contribution in [0.3, 0.4) is 0 Å². The predicted molar refractivity (Wildman–Crippen MR) is 66.2 cm³/mol. The highest BCUT2D eigenvalue weighted by Gasteiger charge is 2.25. The van der Waals surface area contributed by atoms with Gasteiger partial charge in [-0.3, -0.25) is 4.79 Å². The predicted octanol–water partition coefficient (Wildman–Crippen LogP) is 1.13. The highest BCUT2D eigenvalue weighted by molar-refractivity contribution is 5.97. The minimum atomic E-state index is -0.0831. The van der Waals surface area contributed by atoms with E-state index in [0.717, 1.165) is 18.7 Å². The van der Waals surface area contributed by atoms with Crippen LogP contribution in [0.2, 0.25) is 0 Å². The van der Waals surface area contributed by atoms with E-state index in [0.29, 0.717) is 12.1 Å². The highest BCUT2D eigenvalue weighted by atomic mass is 16.3. The molecule has 1 aliphatic rings. The van der Waals surface area contributed by atoms with Gasteiger partial charge < -0.3 is 15.3 Å². The lowest BCUT2D eigenvalue weighted by Gasteiger charge is -2.34. The van der Waals surface area contributed by atoms with Crippen LogP contribution in [0, 0.1) is 6.92 Å². The third-order valence-corrected chi connectivity index (χ3v) is 3.14. The van der Waals surface area contributed by atoms with Gasteiger partial charge in [0, 0.05) is 25.7 Å². The molecular formula is C13H18N2O2. The average molecular weight is 234 g/mol. The summed E-state index contributed by atoms with van der Waals surface area (Å²) in [7, 11) is 0. The first-order valence-corrected chi connectivity index (χ1v) is 5.91. The van der Waals surface area contributed by atoms with Gasteiger partial charge in [-0.15, -0.1) is 0 Å². The van der Waals surface area contributed by atoms with Crippen molar-refractivity contribution in [2.75, 3.05) is 19.6 Å². The van der Waals surface area contributed by atoms with Crippen molar-refractivity contribution >= 4 is 5.91 Å². The maximum atomic E-state index is 12.3. The lowest BCUT2D eigenvalue weighted by molar-refractivity contribution is 0.0652. The summed E-state index contributed by atoms with van der Waals surface area (Å²) in [5, 5.41) is 13.0. The van der Waals surface area contributed by atoms with Crippen LogP contribution in [0.15, 0.2) is 18.2 Å². The Labute approximate surface area is 101 Å². The number of aryl methyl sites for hydroxylation is 1. The average Bonchev–Trinajstić information content (AvgIpc) is 2.32. The largest absolute Gasteiger partial charge is 0.507 e. The van der Waals surface area contributed by atoms with Crippen molar-refractivity contribution in [3.05, 3.63) is 29.3 Å². The summed E-state index contributed by atoms with van der Waals surface area (Å²) in [5.41, 5.74) is 1.38. The van der Waals surface area contributed by atoms with E-state index in [1.807, 2.05) is 18.7 Å². The first kappa shape index (κ1) is 11.9. The molecule has 0 saturated carbocycles. The molecule has 4 heteroatoms. The number of aromatic hydroxyl groups is 1. The fraction of sp³-hybridized carbons (Fsp3) is 0.462. The Hall–Kier alpha value is -1.55. The number of nitrogens with zero attached hydrogens (tertiary/aromatic N) is 1. The molecule has 0 aromatic heterocycles. The molecule has 1 atom stereocenters. The van der Waals surface area contributed by atoms with Gasteiger partial charge in [0.15, 0.2) is 0 Å². The number of hydrogen-bond acceptors (Lipinski definition) is 3. The van der Waals surface area contributed by atoms with Crippen molar-refractivity contribution in [1.82, 2.24) is 10.2 Å². The summed E-state index contributed by atoms with van der Waals surface area (Å²) in [6, 6.07) is 5.28. The van der Waals surface area contributed by atoms with Crippen molar-refractivity contribution < 1.29 is 9.90 Å².